The summed E-state index contributed by atoms with van der Waals surface area (Å²) in [6, 6.07) is 18.4. The second-order valence-electron chi connectivity index (χ2n) is 6.97. The van der Waals surface area contributed by atoms with Gasteiger partial charge in [0, 0.05) is 13.0 Å². The van der Waals surface area contributed by atoms with E-state index in [1.807, 2.05) is 18.2 Å². The van der Waals surface area contributed by atoms with Crippen molar-refractivity contribution in [2.24, 2.45) is 0 Å². The lowest BCUT2D eigenvalue weighted by Gasteiger charge is -2.21. The Balaban J connectivity index is 1.44. The van der Waals surface area contributed by atoms with E-state index >= 15 is 0 Å². The van der Waals surface area contributed by atoms with Crippen molar-refractivity contribution in [2.75, 3.05) is 6.54 Å². The molecule has 0 saturated carbocycles. The van der Waals surface area contributed by atoms with Gasteiger partial charge >= 0.3 is 0 Å². The molecule has 146 valence electrons. The van der Waals surface area contributed by atoms with E-state index in [1.54, 1.807) is 30.3 Å². The lowest BCUT2D eigenvalue weighted by Crippen LogP contribution is -2.30. The zero-order valence-electron chi connectivity index (χ0n) is 15.6. The number of aromatic nitrogens is 2. The Bertz CT molecular complexity index is 1000. The lowest BCUT2D eigenvalue weighted by atomic mass is 10.1. The van der Waals surface area contributed by atoms with Gasteiger partial charge in [0.1, 0.15) is 6.04 Å². The highest BCUT2D eigenvalue weighted by molar-refractivity contribution is 7.89. The minimum absolute atomic E-state index is 0.296. The summed E-state index contributed by atoms with van der Waals surface area (Å²) < 4.78 is 32.9. The predicted octanol–water partition coefficient (Wildman–Crippen LogP) is 3.77. The predicted molar refractivity (Wildman–Crippen MR) is 105 cm³/mol. The number of nitrogens with zero attached hydrogens (tertiary/aromatic N) is 3. The van der Waals surface area contributed by atoms with Crippen molar-refractivity contribution in [1.29, 1.82) is 0 Å². The van der Waals surface area contributed by atoms with Crippen LogP contribution in [-0.2, 0) is 22.9 Å². The third-order valence-electron chi connectivity index (χ3n) is 5.03. The van der Waals surface area contributed by atoms with Gasteiger partial charge in [-0.05, 0) is 43.4 Å². The number of benzene rings is 2. The van der Waals surface area contributed by atoms with Crippen molar-refractivity contribution >= 4 is 10.0 Å². The van der Waals surface area contributed by atoms with E-state index in [9.17, 15) is 8.42 Å². The molecule has 28 heavy (non-hydrogen) atoms. The molecule has 7 heteroatoms. The number of aryl methyl sites for hydroxylation is 2. The number of hydrogen-bond donors (Lipinski definition) is 0. The highest BCUT2D eigenvalue weighted by atomic mass is 32.2. The first-order valence-electron chi connectivity index (χ1n) is 9.58. The summed E-state index contributed by atoms with van der Waals surface area (Å²) in [7, 11) is -3.57. The highest BCUT2D eigenvalue weighted by Crippen LogP contribution is 2.35. The molecule has 0 aliphatic carbocycles. The molecule has 1 fully saturated rings. The molecule has 1 aliphatic heterocycles. The van der Waals surface area contributed by atoms with Crippen LogP contribution in [0, 0.1) is 0 Å². The fourth-order valence-electron chi connectivity index (χ4n) is 3.60. The number of rotatable bonds is 7. The van der Waals surface area contributed by atoms with Gasteiger partial charge in [-0.15, -0.1) is 0 Å². The normalized spacial score (nSPS) is 17.8. The van der Waals surface area contributed by atoms with Gasteiger partial charge in [0.15, 0.2) is 5.82 Å². The Kier molecular flexibility index (Phi) is 5.54. The monoisotopic (exact) mass is 397 g/mol. The fraction of sp³-hybridized carbons (Fsp3) is 0.333. The average molecular weight is 398 g/mol. The molecular formula is C21H23N3O3S. The van der Waals surface area contributed by atoms with E-state index in [0.717, 1.165) is 19.3 Å². The third kappa shape index (κ3) is 4.00. The molecule has 0 spiro atoms. The highest BCUT2D eigenvalue weighted by Gasteiger charge is 2.39. The van der Waals surface area contributed by atoms with Gasteiger partial charge in [0.05, 0.1) is 4.90 Å². The largest absolute Gasteiger partial charge is 0.338 e. The lowest BCUT2D eigenvalue weighted by molar-refractivity contribution is 0.289. The van der Waals surface area contributed by atoms with E-state index < -0.39 is 10.0 Å². The molecule has 2 heterocycles. The summed E-state index contributed by atoms with van der Waals surface area (Å²) in [6.45, 7) is 0.466. The minimum atomic E-state index is -3.57. The van der Waals surface area contributed by atoms with Crippen molar-refractivity contribution in [1.82, 2.24) is 14.4 Å². The molecule has 0 bridgehead atoms. The number of sulfonamides is 1. The van der Waals surface area contributed by atoms with Crippen molar-refractivity contribution in [3.63, 3.8) is 0 Å². The van der Waals surface area contributed by atoms with Crippen molar-refractivity contribution in [3.8, 4) is 0 Å². The van der Waals surface area contributed by atoms with Gasteiger partial charge < -0.3 is 4.52 Å². The Morgan fingerprint density at radius 3 is 2.46 bits per heavy atom. The molecule has 0 radical (unpaired) electrons. The second kappa shape index (κ2) is 8.24. The maximum atomic E-state index is 13.0. The van der Waals surface area contributed by atoms with Crippen LogP contribution in [0.2, 0.25) is 0 Å². The SMILES string of the molecule is O=S(=O)(c1ccccc1)N1CCC[C@H]1c1nc(CCCc2ccccc2)no1. The molecule has 0 unspecified atom stereocenters. The Labute approximate surface area is 165 Å². The molecular weight excluding hydrogens is 374 g/mol. The second-order valence-corrected chi connectivity index (χ2v) is 8.87. The van der Waals surface area contributed by atoms with E-state index in [1.165, 1.54) is 9.87 Å². The van der Waals surface area contributed by atoms with E-state index in [0.29, 0.717) is 36.0 Å². The van der Waals surface area contributed by atoms with E-state index in [2.05, 4.69) is 22.3 Å². The zero-order chi connectivity index (χ0) is 19.4. The molecule has 4 rings (SSSR count). The molecule has 2 aromatic carbocycles. The third-order valence-corrected chi connectivity index (χ3v) is 6.95. The van der Waals surface area contributed by atoms with Crippen LogP contribution >= 0.6 is 0 Å². The van der Waals surface area contributed by atoms with Crippen molar-refractivity contribution < 1.29 is 12.9 Å². The smallest absolute Gasteiger partial charge is 0.245 e. The van der Waals surface area contributed by atoms with Crippen LogP contribution in [0.1, 0.15) is 42.6 Å². The van der Waals surface area contributed by atoms with Gasteiger partial charge in [-0.1, -0.05) is 53.7 Å². The van der Waals surface area contributed by atoms with Crippen molar-refractivity contribution in [3.05, 3.63) is 77.9 Å². The molecule has 1 aromatic heterocycles. The quantitative estimate of drug-likeness (QED) is 0.606. The minimum Gasteiger partial charge on any atom is -0.338 e. The van der Waals surface area contributed by atoms with Crippen LogP contribution in [-0.4, -0.2) is 29.4 Å². The maximum absolute atomic E-state index is 13.0. The van der Waals surface area contributed by atoms with Crippen LogP contribution in [0.25, 0.3) is 0 Å². The maximum Gasteiger partial charge on any atom is 0.245 e. The number of hydrogen-bond acceptors (Lipinski definition) is 5. The molecule has 1 saturated heterocycles. The standard InChI is InChI=1S/C21H23N3O3S/c25-28(26,18-12-5-2-6-13-18)24-16-8-14-19(24)21-22-20(23-27-21)15-7-11-17-9-3-1-4-10-17/h1-6,9-10,12-13,19H,7-8,11,14-16H2/t19-/m0/s1. The van der Waals surface area contributed by atoms with Gasteiger partial charge in [-0.25, -0.2) is 8.42 Å². The van der Waals surface area contributed by atoms with Gasteiger partial charge in [-0.2, -0.15) is 9.29 Å². The summed E-state index contributed by atoms with van der Waals surface area (Å²) in [4.78, 5) is 4.79. The fourth-order valence-corrected chi connectivity index (χ4v) is 5.27. The Morgan fingerprint density at radius 2 is 1.71 bits per heavy atom. The van der Waals surface area contributed by atoms with Gasteiger partial charge in [0.25, 0.3) is 0 Å². The van der Waals surface area contributed by atoms with E-state index in [-0.39, 0.29) is 6.04 Å². The molecule has 3 aromatic rings. The Morgan fingerprint density at radius 1 is 1.00 bits per heavy atom. The topological polar surface area (TPSA) is 76.3 Å². The van der Waals surface area contributed by atoms with Crippen LogP contribution < -0.4 is 0 Å². The first kappa shape index (κ1) is 18.8. The van der Waals surface area contributed by atoms with Crippen LogP contribution in [0.4, 0.5) is 0 Å². The van der Waals surface area contributed by atoms with Gasteiger partial charge in [-0.3, -0.25) is 0 Å². The molecule has 1 aliphatic rings. The average Bonchev–Trinajstić information content (AvgIpc) is 3.39. The summed E-state index contributed by atoms with van der Waals surface area (Å²) >= 11 is 0. The van der Waals surface area contributed by atoms with Crippen LogP contribution in [0.3, 0.4) is 0 Å². The molecule has 0 amide bonds. The first-order chi connectivity index (χ1) is 13.6. The van der Waals surface area contributed by atoms with Crippen LogP contribution in [0.5, 0.6) is 0 Å². The molecule has 1 atom stereocenters. The molecule has 0 N–H and O–H groups in total. The summed E-state index contributed by atoms with van der Waals surface area (Å²) in [5, 5.41) is 4.07. The first-order valence-corrected chi connectivity index (χ1v) is 11.0. The molecule has 6 nitrogen and oxygen atoms in total. The van der Waals surface area contributed by atoms with Gasteiger partial charge in [0.2, 0.25) is 15.9 Å². The summed E-state index contributed by atoms with van der Waals surface area (Å²) in [5.74, 6) is 1.03. The zero-order valence-corrected chi connectivity index (χ0v) is 16.4. The van der Waals surface area contributed by atoms with Crippen LogP contribution in [0.15, 0.2) is 70.1 Å². The van der Waals surface area contributed by atoms with E-state index in [4.69, 9.17) is 4.52 Å². The summed E-state index contributed by atoms with van der Waals surface area (Å²) in [6.07, 6.45) is 4.04. The Hall–Kier alpha value is -2.51. The summed E-state index contributed by atoms with van der Waals surface area (Å²) in [5.41, 5.74) is 1.28. The van der Waals surface area contributed by atoms with Crippen molar-refractivity contribution in [2.45, 2.75) is 43.0 Å².